The monoisotopic (exact) mass is 336 g/mol. The van der Waals surface area contributed by atoms with Gasteiger partial charge in [0, 0.05) is 0 Å². The number of aryl methyl sites for hydroxylation is 1. The SMILES string of the molecule is Cc1ccc(NC(=O)CC(=O)Nc2ccccc2Cl)c(Cl)c1. The Kier molecular flexibility index (Phi) is 5.41. The molecular weight excluding hydrogens is 323 g/mol. The van der Waals surface area contributed by atoms with Crippen molar-refractivity contribution >= 4 is 46.4 Å². The number of hydrogen-bond acceptors (Lipinski definition) is 2. The van der Waals surface area contributed by atoms with Crippen LogP contribution in [0.15, 0.2) is 42.5 Å². The molecule has 114 valence electrons. The second-order valence-corrected chi connectivity index (χ2v) is 5.55. The number of para-hydroxylation sites is 1. The zero-order valence-corrected chi connectivity index (χ0v) is 13.3. The number of anilines is 2. The number of benzene rings is 2. The van der Waals surface area contributed by atoms with Gasteiger partial charge in [0.1, 0.15) is 6.42 Å². The van der Waals surface area contributed by atoms with Crippen LogP contribution in [0.2, 0.25) is 10.0 Å². The summed E-state index contributed by atoms with van der Waals surface area (Å²) < 4.78 is 0. The molecule has 0 saturated heterocycles. The molecule has 0 radical (unpaired) electrons. The Morgan fingerprint density at radius 1 is 0.909 bits per heavy atom. The van der Waals surface area contributed by atoms with E-state index < -0.39 is 11.8 Å². The fraction of sp³-hybridized carbons (Fsp3) is 0.125. The highest BCUT2D eigenvalue weighted by atomic mass is 35.5. The molecule has 0 aromatic heterocycles. The number of carbonyl (C=O) groups excluding carboxylic acids is 2. The van der Waals surface area contributed by atoms with Gasteiger partial charge in [0.2, 0.25) is 11.8 Å². The van der Waals surface area contributed by atoms with Crippen LogP contribution in [0.3, 0.4) is 0 Å². The van der Waals surface area contributed by atoms with Crippen molar-refractivity contribution in [2.45, 2.75) is 13.3 Å². The lowest BCUT2D eigenvalue weighted by molar-refractivity contribution is -0.123. The van der Waals surface area contributed by atoms with E-state index >= 15 is 0 Å². The summed E-state index contributed by atoms with van der Waals surface area (Å²) in [6, 6.07) is 12.1. The van der Waals surface area contributed by atoms with E-state index in [2.05, 4.69) is 10.6 Å². The Labute approximate surface area is 138 Å². The Bertz CT molecular complexity index is 717. The molecule has 2 aromatic rings. The van der Waals surface area contributed by atoms with Gasteiger partial charge in [-0.1, -0.05) is 41.4 Å². The van der Waals surface area contributed by atoms with Crippen LogP contribution in [-0.2, 0) is 9.59 Å². The molecule has 0 heterocycles. The third-order valence-electron chi connectivity index (χ3n) is 2.87. The Morgan fingerprint density at radius 3 is 2.09 bits per heavy atom. The number of carbonyl (C=O) groups is 2. The van der Waals surface area contributed by atoms with Gasteiger partial charge in [0.15, 0.2) is 0 Å². The van der Waals surface area contributed by atoms with Crippen LogP contribution in [0.4, 0.5) is 11.4 Å². The topological polar surface area (TPSA) is 58.2 Å². The summed E-state index contributed by atoms with van der Waals surface area (Å²) >= 11 is 12.0. The molecule has 0 aliphatic heterocycles. The predicted octanol–water partition coefficient (Wildman–Crippen LogP) is 4.27. The molecule has 0 spiro atoms. The molecule has 0 bridgehead atoms. The van der Waals surface area contributed by atoms with Gasteiger partial charge in [0.05, 0.1) is 21.4 Å². The molecule has 0 aliphatic carbocycles. The van der Waals surface area contributed by atoms with E-state index in [9.17, 15) is 9.59 Å². The first-order valence-corrected chi connectivity index (χ1v) is 7.31. The molecular formula is C16H14Cl2N2O2. The Balaban J connectivity index is 1.94. The minimum atomic E-state index is -0.450. The highest BCUT2D eigenvalue weighted by Gasteiger charge is 2.12. The lowest BCUT2D eigenvalue weighted by atomic mass is 10.2. The van der Waals surface area contributed by atoms with Gasteiger partial charge in [0.25, 0.3) is 0 Å². The minimum absolute atomic E-state index is 0.324. The first-order valence-electron chi connectivity index (χ1n) is 6.56. The molecule has 2 rings (SSSR count). The van der Waals surface area contributed by atoms with E-state index in [-0.39, 0.29) is 6.42 Å². The molecule has 0 saturated carbocycles. The van der Waals surface area contributed by atoms with Gasteiger partial charge >= 0.3 is 0 Å². The molecule has 0 aliphatic rings. The van der Waals surface area contributed by atoms with Crippen molar-refractivity contribution in [2.24, 2.45) is 0 Å². The van der Waals surface area contributed by atoms with Crippen LogP contribution in [-0.4, -0.2) is 11.8 Å². The van der Waals surface area contributed by atoms with Crippen molar-refractivity contribution in [3.05, 3.63) is 58.1 Å². The Hall–Kier alpha value is -2.04. The fourth-order valence-electron chi connectivity index (χ4n) is 1.82. The third-order valence-corrected chi connectivity index (χ3v) is 3.51. The molecule has 0 atom stereocenters. The van der Waals surface area contributed by atoms with Crippen molar-refractivity contribution < 1.29 is 9.59 Å². The summed E-state index contributed by atoms with van der Waals surface area (Å²) in [6.07, 6.45) is -0.324. The molecule has 2 amide bonds. The van der Waals surface area contributed by atoms with E-state index in [1.165, 1.54) is 0 Å². The summed E-state index contributed by atoms with van der Waals surface area (Å²) in [5.74, 6) is -0.899. The smallest absolute Gasteiger partial charge is 0.233 e. The van der Waals surface area contributed by atoms with Gasteiger partial charge < -0.3 is 10.6 Å². The summed E-state index contributed by atoms with van der Waals surface area (Å²) in [4.78, 5) is 23.7. The van der Waals surface area contributed by atoms with Gasteiger partial charge in [-0.2, -0.15) is 0 Å². The first-order chi connectivity index (χ1) is 10.5. The highest BCUT2D eigenvalue weighted by Crippen LogP contribution is 2.23. The number of halogens is 2. The second kappa shape index (κ2) is 7.29. The standard InChI is InChI=1S/C16H14Cl2N2O2/c1-10-6-7-14(12(18)8-10)20-16(22)9-15(21)19-13-5-3-2-4-11(13)17/h2-8H,9H2,1H3,(H,19,21)(H,20,22). The predicted molar refractivity (Wildman–Crippen MR) is 89.5 cm³/mol. The average molecular weight is 337 g/mol. The lowest BCUT2D eigenvalue weighted by Crippen LogP contribution is -2.21. The minimum Gasteiger partial charge on any atom is -0.324 e. The van der Waals surface area contributed by atoms with E-state index in [1.807, 2.05) is 13.0 Å². The quantitative estimate of drug-likeness (QED) is 0.819. The molecule has 0 fully saturated rings. The van der Waals surface area contributed by atoms with Crippen molar-refractivity contribution in [3.8, 4) is 0 Å². The van der Waals surface area contributed by atoms with Crippen LogP contribution < -0.4 is 10.6 Å². The van der Waals surface area contributed by atoms with Crippen molar-refractivity contribution in [3.63, 3.8) is 0 Å². The highest BCUT2D eigenvalue weighted by molar-refractivity contribution is 6.34. The molecule has 6 heteroatoms. The normalized spacial score (nSPS) is 10.1. The van der Waals surface area contributed by atoms with Gasteiger partial charge in [-0.05, 0) is 36.8 Å². The number of hydrogen-bond donors (Lipinski definition) is 2. The van der Waals surface area contributed by atoms with Crippen LogP contribution in [0.1, 0.15) is 12.0 Å². The lowest BCUT2D eigenvalue weighted by Gasteiger charge is -2.09. The van der Waals surface area contributed by atoms with E-state index in [0.717, 1.165) is 5.56 Å². The van der Waals surface area contributed by atoms with Gasteiger partial charge in [-0.25, -0.2) is 0 Å². The van der Waals surface area contributed by atoms with Crippen LogP contribution in [0.25, 0.3) is 0 Å². The van der Waals surface area contributed by atoms with E-state index in [4.69, 9.17) is 23.2 Å². The first kappa shape index (κ1) is 16.3. The molecule has 2 aromatic carbocycles. The summed E-state index contributed by atoms with van der Waals surface area (Å²) in [5, 5.41) is 6.04. The fourth-order valence-corrected chi connectivity index (χ4v) is 2.28. The largest absolute Gasteiger partial charge is 0.324 e. The maximum atomic E-state index is 11.9. The van der Waals surface area contributed by atoms with Crippen molar-refractivity contribution in [2.75, 3.05) is 10.6 Å². The zero-order chi connectivity index (χ0) is 16.1. The van der Waals surface area contributed by atoms with E-state index in [1.54, 1.807) is 36.4 Å². The van der Waals surface area contributed by atoms with E-state index in [0.29, 0.717) is 21.4 Å². The maximum Gasteiger partial charge on any atom is 0.233 e. The van der Waals surface area contributed by atoms with Crippen LogP contribution in [0.5, 0.6) is 0 Å². The molecule has 4 nitrogen and oxygen atoms in total. The maximum absolute atomic E-state index is 11.9. The van der Waals surface area contributed by atoms with Gasteiger partial charge in [-0.3, -0.25) is 9.59 Å². The average Bonchev–Trinajstić information content (AvgIpc) is 2.44. The van der Waals surface area contributed by atoms with Crippen LogP contribution >= 0.6 is 23.2 Å². The Morgan fingerprint density at radius 2 is 1.50 bits per heavy atom. The number of rotatable bonds is 4. The van der Waals surface area contributed by atoms with Crippen molar-refractivity contribution in [1.29, 1.82) is 0 Å². The summed E-state index contributed by atoms with van der Waals surface area (Å²) in [5.41, 5.74) is 1.93. The van der Waals surface area contributed by atoms with Gasteiger partial charge in [-0.15, -0.1) is 0 Å². The van der Waals surface area contributed by atoms with Crippen molar-refractivity contribution in [1.82, 2.24) is 0 Å². The molecule has 22 heavy (non-hydrogen) atoms. The third kappa shape index (κ3) is 4.48. The number of nitrogens with one attached hydrogen (secondary N) is 2. The summed E-state index contributed by atoms with van der Waals surface area (Å²) in [6.45, 7) is 1.90. The summed E-state index contributed by atoms with van der Waals surface area (Å²) in [7, 11) is 0. The number of amides is 2. The zero-order valence-electron chi connectivity index (χ0n) is 11.8. The van der Waals surface area contributed by atoms with Crippen LogP contribution in [0, 0.1) is 6.92 Å². The second-order valence-electron chi connectivity index (χ2n) is 4.74. The molecule has 2 N–H and O–H groups in total. The molecule has 0 unspecified atom stereocenters.